The van der Waals surface area contributed by atoms with E-state index in [1.807, 2.05) is 36.4 Å². The maximum Gasteiger partial charge on any atom is 0.225 e. The van der Waals surface area contributed by atoms with Gasteiger partial charge in [0.1, 0.15) is 11.5 Å². The summed E-state index contributed by atoms with van der Waals surface area (Å²) in [6.45, 7) is 0. The van der Waals surface area contributed by atoms with E-state index in [0.717, 1.165) is 39.1 Å². The minimum Gasteiger partial charge on any atom is -0.497 e. The molecule has 0 aliphatic carbocycles. The molecule has 1 amide bonds. The molecule has 0 saturated heterocycles. The Labute approximate surface area is 146 Å². The molecule has 4 heteroatoms. The Morgan fingerprint density at radius 3 is 2.60 bits per heavy atom. The molecule has 1 atom stereocenters. The van der Waals surface area contributed by atoms with Crippen LogP contribution in [0, 0.1) is 0 Å². The van der Waals surface area contributed by atoms with E-state index in [4.69, 9.17) is 9.47 Å². The van der Waals surface area contributed by atoms with Crippen LogP contribution in [0.4, 0.5) is 5.69 Å². The number of nitrogens with one attached hydrogen (secondary N) is 1. The lowest BCUT2D eigenvalue weighted by Gasteiger charge is -2.28. The highest BCUT2D eigenvalue weighted by Crippen LogP contribution is 2.44. The van der Waals surface area contributed by atoms with Crippen LogP contribution in [0.25, 0.3) is 10.8 Å². The van der Waals surface area contributed by atoms with Crippen molar-refractivity contribution in [1.82, 2.24) is 0 Å². The molecular formula is C21H19NO3. The van der Waals surface area contributed by atoms with E-state index < -0.39 is 0 Å². The van der Waals surface area contributed by atoms with Crippen LogP contribution in [-0.2, 0) is 4.79 Å². The SMILES string of the molecule is COc1ccc(OC)c(C2CC(=O)Nc3c2ccc2ccccc32)c1. The van der Waals surface area contributed by atoms with Crippen molar-refractivity contribution < 1.29 is 14.3 Å². The Morgan fingerprint density at radius 2 is 1.80 bits per heavy atom. The molecular weight excluding hydrogens is 314 g/mol. The number of fused-ring (bicyclic) bond motifs is 3. The molecule has 25 heavy (non-hydrogen) atoms. The molecule has 0 saturated carbocycles. The van der Waals surface area contributed by atoms with Crippen LogP contribution in [0.5, 0.6) is 11.5 Å². The molecule has 4 nitrogen and oxygen atoms in total. The van der Waals surface area contributed by atoms with Gasteiger partial charge in [0.2, 0.25) is 5.91 Å². The third-order valence-corrected chi connectivity index (χ3v) is 4.80. The fourth-order valence-corrected chi connectivity index (χ4v) is 3.59. The quantitative estimate of drug-likeness (QED) is 0.776. The van der Waals surface area contributed by atoms with Crippen LogP contribution in [-0.4, -0.2) is 20.1 Å². The van der Waals surface area contributed by atoms with Crippen molar-refractivity contribution in [3.63, 3.8) is 0 Å². The summed E-state index contributed by atoms with van der Waals surface area (Å²) in [4.78, 5) is 12.4. The van der Waals surface area contributed by atoms with Crippen molar-refractivity contribution in [2.75, 3.05) is 19.5 Å². The molecule has 0 fully saturated rings. The van der Waals surface area contributed by atoms with Crippen LogP contribution in [0.1, 0.15) is 23.5 Å². The van der Waals surface area contributed by atoms with Crippen LogP contribution < -0.4 is 14.8 Å². The summed E-state index contributed by atoms with van der Waals surface area (Å²) >= 11 is 0. The van der Waals surface area contributed by atoms with Crippen molar-refractivity contribution in [2.45, 2.75) is 12.3 Å². The number of carbonyl (C=O) groups is 1. The Kier molecular flexibility index (Phi) is 3.80. The molecule has 4 rings (SSSR count). The zero-order chi connectivity index (χ0) is 17.4. The average Bonchev–Trinajstić information content (AvgIpc) is 2.66. The molecule has 1 heterocycles. The van der Waals surface area contributed by atoms with Gasteiger partial charge in [-0.15, -0.1) is 0 Å². The molecule has 0 aromatic heterocycles. The van der Waals surface area contributed by atoms with E-state index in [0.29, 0.717) is 6.42 Å². The van der Waals surface area contributed by atoms with E-state index in [1.54, 1.807) is 14.2 Å². The number of rotatable bonds is 3. The maximum atomic E-state index is 12.4. The van der Waals surface area contributed by atoms with Crippen molar-refractivity contribution in [3.05, 3.63) is 65.7 Å². The lowest BCUT2D eigenvalue weighted by atomic mass is 9.83. The van der Waals surface area contributed by atoms with E-state index in [-0.39, 0.29) is 11.8 Å². The zero-order valence-corrected chi connectivity index (χ0v) is 14.2. The topological polar surface area (TPSA) is 47.6 Å². The lowest BCUT2D eigenvalue weighted by molar-refractivity contribution is -0.116. The number of methoxy groups -OCH3 is 2. The summed E-state index contributed by atoms with van der Waals surface area (Å²) in [5.74, 6) is 1.46. The molecule has 1 unspecified atom stereocenters. The third-order valence-electron chi connectivity index (χ3n) is 4.80. The Bertz CT molecular complexity index is 965. The smallest absolute Gasteiger partial charge is 0.225 e. The number of hydrogen-bond donors (Lipinski definition) is 1. The van der Waals surface area contributed by atoms with Gasteiger partial charge in [-0.25, -0.2) is 0 Å². The fraction of sp³-hybridized carbons (Fsp3) is 0.190. The molecule has 3 aromatic carbocycles. The summed E-state index contributed by atoms with van der Waals surface area (Å²) < 4.78 is 10.9. The van der Waals surface area contributed by atoms with Crippen molar-refractivity contribution >= 4 is 22.4 Å². The number of carbonyl (C=O) groups excluding carboxylic acids is 1. The van der Waals surface area contributed by atoms with Gasteiger partial charge < -0.3 is 14.8 Å². The fourth-order valence-electron chi connectivity index (χ4n) is 3.59. The van der Waals surface area contributed by atoms with Gasteiger partial charge in [-0.05, 0) is 29.1 Å². The first-order chi connectivity index (χ1) is 12.2. The van der Waals surface area contributed by atoms with Crippen molar-refractivity contribution in [3.8, 4) is 11.5 Å². The van der Waals surface area contributed by atoms with Crippen molar-refractivity contribution in [2.24, 2.45) is 0 Å². The van der Waals surface area contributed by atoms with E-state index >= 15 is 0 Å². The number of ether oxygens (including phenoxy) is 2. The molecule has 126 valence electrons. The van der Waals surface area contributed by atoms with Crippen LogP contribution in [0.15, 0.2) is 54.6 Å². The predicted molar refractivity (Wildman–Crippen MR) is 98.6 cm³/mol. The van der Waals surface area contributed by atoms with E-state index in [1.165, 1.54) is 0 Å². The minimum absolute atomic E-state index is 0.0127. The molecule has 0 spiro atoms. The molecule has 3 aromatic rings. The van der Waals surface area contributed by atoms with Gasteiger partial charge in [-0.3, -0.25) is 4.79 Å². The van der Waals surface area contributed by atoms with Crippen LogP contribution in [0.3, 0.4) is 0 Å². The molecule has 1 N–H and O–H groups in total. The first kappa shape index (κ1) is 15.5. The number of anilines is 1. The second-order valence-electron chi connectivity index (χ2n) is 6.16. The van der Waals surface area contributed by atoms with E-state index in [9.17, 15) is 4.79 Å². The summed E-state index contributed by atoms with van der Waals surface area (Å²) in [7, 11) is 3.29. The van der Waals surface area contributed by atoms with Gasteiger partial charge in [0, 0.05) is 23.3 Å². The zero-order valence-electron chi connectivity index (χ0n) is 14.2. The summed E-state index contributed by atoms with van der Waals surface area (Å²) in [6.07, 6.45) is 0.384. The second kappa shape index (κ2) is 6.13. The molecule has 0 bridgehead atoms. The van der Waals surface area contributed by atoms with Gasteiger partial charge >= 0.3 is 0 Å². The Balaban J connectivity index is 1.94. The minimum atomic E-state index is -0.0709. The summed E-state index contributed by atoms with van der Waals surface area (Å²) in [5, 5.41) is 5.22. The normalized spacial score (nSPS) is 16.2. The maximum absolute atomic E-state index is 12.4. The van der Waals surface area contributed by atoms with Crippen LogP contribution >= 0.6 is 0 Å². The molecule has 0 radical (unpaired) electrons. The van der Waals surface area contributed by atoms with Gasteiger partial charge in [0.15, 0.2) is 0 Å². The van der Waals surface area contributed by atoms with Gasteiger partial charge in [-0.1, -0.05) is 36.4 Å². The largest absolute Gasteiger partial charge is 0.497 e. The van der Waals surface area contributed by atoms with Gasteiger partial charge in [0.25, 0.3) is 0 Å². The van der Waals surface area contributed by atoms with Crippen LogP contribution in [0.2, 0.25) is 0 Å². The number of benzene rings is 3. The summed E-state index contributed by atoms with van der Waals surface area (Å²) in [5.41, 5.74) is 2.96. The Hall–Kier alpha value is -3.01. The first-order valence-electron chi connectivity index (χ1n) is 8.24. The Morgan fingerprint density at radius 1 is 0.960 bits per heavy atom. The monoisotopic (exact) mass is 333 g/mol. The highest BCUT2D eigenvalue weighted by atomic mass is 16.5. The standard InChI is InChI=1S/C21H19NO3/c1-24-14-8-10-19(25-2)18(11-14)17-12-20(23)22-21-15-6-4-3-5-13(15)7-9-16(17)21/h3-11,17H,12H2,1-2H3,(H,22,23). The predicted octanol–water partition coefficient (Wildman–Crippen LogP) is 4.33. The van der Waals surface area contributed by atoms with E-state index in [2.05, 4.69) is 23.5 Å². The average molecular weight is 333 g/mol. The highest BCUT2D eigenvalue weighted by Gasteiger charge is 2.30. The summed E-state index contributed by atoms with van der Waals surface area (Å²) in [6, 6.07) is 18.0. The van der Waals surface area contributed by atoms with Gasteiger partial charge in [0.05, 0.1) is 19.9 Å². The lowest BCUT2D eigenvalue weighted by Crippen LogP contribution is -2.24. The first-order valence-corrected chi connectivity index (χ1v) is 8.24. The molecule has 1 aliphatic heterocycles. The highest BCUT2D eigenvalue weighted by molar-refractivity contribution is 6.06. The van der Waals surface area contributed by atoms with Crippen molar-refractivity contribution in [1.29, 1.82) is 0 Å². The number of hydrogen-bond acceptors (Lipinski definition) is 3. The van der Waals surface area contributed by atoms with Gasteiger partial charge in [-0.2, -0.15) is 0 Å². The second-order valence-corrected chi connectivity index (χ2v) is 6.16. The number of amides is 1. The molecule has 1 aliphatic rings. The third kappa shape index (κ3) is 2.60.